The largest absolute Gasteiger partial charge is 0.399 e. The van der Waals surface area contributed by atoms with Crippen molar-refractivity contribution >= 4 is 5.69 Å². The van der Waals surface area contributed by atoms with Gasteiger partial charge in [-0.15, -0.1) is 0 Å². The lowest BCUT2D eigenvalue weighted by Crippen LogP contribution is -2.35. The number of nitrogen functional groups attached to an aromatic ring is 1. The molecule has 0 aliphatic carbocycles. The molecule has 0 saturated heterocycles. The van der Waals surface area contributed by atoms with Crippen molar-refractivity contribution in [1.29, 1.82) is 0 Å². The van der Waals surface area contributed by atoms with Crippen LogP contribution in [0, 0.1) is 5.92 Å². The van der Waals surface area contributed by atoms with E-state index in [1.165, 1.54) is 12.0 Å². The molecule has 2 nitrogen and oxygen atoms in total. The van der Waals surface area contributed by atoms with Crippen LogP contribution in [0.15, 0.2) is 24.3 Å². The number of hydrogen-bond donors (Lipinski definition) is 2. The Hall–Kier alpha value is -1.02. The molecule has 96 valence electrons. The molecule has 0 aliphatic rings. The molecule has 0 aromatic heterocycles. The minimum absolute atomic E-state index is 0.154. The third-order valence-corrected chi connectivity index (χ3v) is 3.45. The summed E-state index contributed by atoms with van der Waals surface area (Å²) >= 11 is 0. The number of benzene rings is 1. The van der Waals surface area contributed by atoms with E-state index in [0.29, 0.717) is 0 Å². The smallest absolute Gasteiger partial charge is 0.0314 e. The van der Waals surface area contributed by atoms with E-state index in [0.717, 1.165) is 24.7 Å². The average Bonchev–Trinajstić information content (AvgIpc) is 2.29. The lowest BCUT2D eigenvalue weighted by atomic mass is 9.84. The predicted octanol–water partition coefficient (Wildman–Crippen LogP) is 3.18. The molecule has 17 heavy (non-hydrogen) atoms. The van der Waals surface area contributed by atoms with Gasteiger partial charge in [0.15, 0.2) is 0 Å². The van der Waals surface area contributed by atoms with Crippen LogP contribution in [-0.4, -0.2) is 13.1 Å². The Kier molecular flexibility index (Phi) is 5.01. The molecule has 1 atom stereocenters. The van der Waals surface area contributed by atoms with E-state index in [2.05, 4.69) is 45.1 Å². The molecule has 0 radical (unpaired) electrons. The SMILES string of the molecule is CCC(C)CNCC(C)(C)c1ccc(N)cc1. The Labute approximate surface area is 106 Å². The summed E-state index contributed by atoms with van der Waals surface area (Å²) in [6, 6.07) is 8.21. The van der Waals surface area contributed by atoms with Gasteiger partial charge in [-0.3, -0.25) is 0 Å². The predicted molar refractivity (Wildman–Crippen MR) is 76.2 cm³/mol. The van der Waals surface area contributed by atoms with Crippen LogP contribution in [0.25, 0.3) is 0 Å². The van der Waals surface area contributed by atoms with Crippen molar-refractivity contribution in [2.45, 2.75) is 39.5 Å². The molecule has 0 fully saturated rings. The summed E-state index contributed by atoms with van der Waals surface area (Å²) in [6.07, 6.45) is 1.23. The van der Waals surface area contributed by atoms with E-state index in [9.17, 15) is 0 Å². The lowest BCUT2D eigenvalue weighted by Gasteiger charge is -2.26. The first-order valence-corrected chi connectivity index (χ1v) is 6.52. The lowest BCUT2D eigenvalue weighted by molar-refractivity contribution is 0.426. The van der Waals surface area contributed by atoms with Gasteiger partial charge in [0.05, 0.1) is 0 Å². The molecular formula is C15H26N2. The van der Waals surface area contributed by atoms with Gasteiger partial charge in [0.2, 0.25) is 0 Å². The minimum atomic E-state index is 0.154. The molecule has 2 heteroatoms. The second kappa shape index (κ2) is 6.06. The quantitative estimate of drug-likeness (QED) is 0.742. The number of nitrogens with one attached hydrogen (secondary N) is 1. The maximum Gasteiger partial charge on any atom is 0.0314 e. The third kappa shape index (κ3) is 4.39. The highest BCUT2D eigenvalue weighted by Crippen LogP contribution is 2.23. The summed E-state index contributed by atoms with van der Waals surface area (Å²) in [5.74, 6) is 0.747. The molecule has 0 heterocycles. The van der Waals surface area contributed by atoms with Gasteiger partial charge in [0, 0.05) is 17.6 Å². The second-order valence-electron chi connectivity index (χ2n) is 5.65. The van der Waals surface area contributed by atoms with Crippen LogP contribution in [0.1, 0.15) is 39.7 Å². The Morgan fingerprint density at radius 3 is 2.35 bits per heavy atom. The molecular weight excluding hydrogens is 208 g/mol. The van der Waals surface area contributed by atoms with Gasteiger partial charge in [-0.2, -0.15) is 0 Å². The molecule has 0 bridgehead atoms. The number of nitrogens with two attached hydrogens (primary N) is 1. The van der Waals surface area contributed by atoms with Gasteiger partial charge >= 0.3 is 0 Å². The number of hydrogen-bond acceptors (Lipinski definition) is 2. The van der Waals surface area contributed by atoms with E-state index in [1.54, 1.807) is 0 Å². The standard InChI is InChI=1S/C15H26N2/c1-5-12(2)10-17-11-15(3,4)13-6-8-14(16)9-7-13/h6-9,12,17H,5,10-11,16H2,1-4H3. The van der Waals surface area contributed by atoms with Gasteiger partial charge < -0.3 is 11.1 Å². The molecule has 1 aromatic rings. The first-order chi connectivity index (χ1) is 7.95. The van der Waals surface area contributed by atoms with Gasteiger partial charge in [-0.1, -0.05) is 46.2 Å². The Morgan fingerprint density at radius 2 is 1.82 bits per heavy atom. The first kappa shape index (κ1) is 14.0. The van der Waals surface area contributed by atoms with Crippen molar-refractivity contribution in [2.75, 3.05) is 18.8 Å². The van der Waals surface area contributed by atoms with Crippen LogP contribution in [-0.2, 0) is 5.41 Å². The number of anilines is 1. The van der Waals surface area contributed by atoms with Crippen LogP contribution >= 0.6 is 0 Å². The zero-order chi connectivity index (χ0) is 12.9. The normalized spacial score (nSPS) is 13.6. The molecule has 1 rings (SSSR count). The summed E-state index contributed by atoms with van der Waals surface area (Å²) < 4.78 is 0. The van der Waals surface area contributed by atoms with E-state index >= 15 is 0 Å². The van der Waals surface area contributed by atoms with Crippen LogP contribution in [0.4, 0.5) is 5.69 Å². The summed E-state index contributed by atoms with van der Waals surface area (Å²) in [5, 5.41) is 3.56. The van der Waals surface area contributed by atoms with E-state index in [4.69, 9.17) is 5.73 Å². The van der Waals surface area contributed by atoms with Gasteiger partial charge in [0.1, 0.15) is 0 Å². The van der Waals surface area contributed by atoms with Crippen LogP contribution in [0.3, 0.4) is 0 Å². The zero-order valence-corrected chi connectivity index (χ0v) is 11.6. The van der Waals surface area contributed by atoms with Crippen molar-refractivity contribution in [3.8, 4) is 0 Å². The highest BCUT2D eigenvalue weighted by molar-refractivity contribution is 5.41. The number of rotatable bonds is 6. The molecule has 0 aliphatic heterocycles. The fourth-order valence-electron chi connectivity index (χ4n) is 1.81. The molecule has 1 unspecified atom stereocenters. The summed E-state index contributed by atoms with van der Waals surface area (Å²) in [7, 11) is 0. The highest BCUT2D eigenvalue weighted by Gasteiger charge is 2.19. The topological polar surface area (TPSA) is 38.0 Å². The zero-order valence-electron chi connectivity index (χ0n) is 11.6. The second-order valence-corrected chi connectivity index (χ2v) is 5.65. The first-order valence-electron chi connectivity index (χ1n) is 6.52. The molecule has 0 amide bonds. The maximum absolute atomic E-state index is 5.71. The van der Waals surface area contributed by atoms with Gasteiger partial charge in [-0.25, -0.2) is 0 Å². The van der Waals surface area contributed by atoms with Crippen molar-refractivity contribution in [2.24, 2.45) is 5.92 Å². The van der Waals surface area contributed by atoms with Gasteiger partial charge in [0.25, 0.3) is 0 Å². The Balaban J connectivity index is 2.53. The molecule has 0 spiro atoms. The Bertz CT molecular complexity index is 327. The average molecular weight is 234 g/mol. The van der Waals surface area contributed by atoms with E-state index < -0.39 is 0 Å². The van der Waals surface area contributed by atoms with E-state index in [1.807, 2.05) is 12.1 Å². The van der Waals surface area contributed by atoms with Crippen molar-refractivity contribution < 1.29 is 0 Å². The fraction of sp³-hybridized carbons (Fsp3) is 0.600. The molecule has 3 N–H and O–H groups in total. The maximum atomic E-state index is 5.71. The van der Waals surface area contributed by atoms with Crippen molar-refractivity contribution in [1.82, 2.24) is 5.32 Å². The summed E-state index contributed by atoms with van der Waals surface area (Å²) in [4.78, 5) is 0. The summed E-state index contributed by atoms with van der Waals surface area (Å²) in [6.45, 7) is 11.1. The van der Waals surface area contributed by atoms with Crippen molar-refractivity contribution in [3.63, 3.8) is 0 Å². The van der Waals surface area contributed by atoms with Crippen LogP contribution in [0.5, 0.6) is 0 Å². The summed E-state index contributed by atoms with van der Waals surface area (Å²) in [5.41, 5.74) is 8.03. The monoisotopic (exact) mass is 234 g/mol. The van der Waals surface area contributed by atoms with Crippen molar-refractivity contribution in [3.05, 3.63) is 29.8 Å². The molecule has 0 saturated carbocycles. The third-order valence-electron chi connectivity index (χ3n) is 3.45. The fourth-order valence-corrected chi connectivity index (χ4v) is 1.81. The van der Waals surface area contributed by atoms with Crippen LogP contribution in [0.2, 0.25) is 0 Å². The van der Waals surface area contributed by atoms with E-state index in [-0.39, 0.29) is 5.41 Å². The van der Waals surface area contributed by atoms with Crippen LogP contribution < -0.4 is 11.1 Å². The molecule has 1 aromatic carbocycles. The van der Waals surface area contributed by atoms with Gasteiger partial charge in [-0.05, 0) is 30.2 Å². The minimum Gasteiger partial charge on any atom is -0.399 e. The Morgan fingerprint density at radius 1 is 1.24 bits per heavy atom. The highest BCUT2D eigenvalue weighted by atomic mass is 14.9.